The summed E-state index contributed by atoms with van der Waals surface area (Å²) in [5, 5.41) is 14.6. The molecular formula is C24H23N3O4. The van der Waals surface area contributed by atoms with Crippen LogP contribution in [0.15, 0.2) is 42.5 Å². The van der Waals surface area contributed by atoms with Gasteiger partial charge in [0.1, 0.15) is 11.5 Å². The predicted molar refractivity (Wildman–Crippen MR) is 111 cm³/mol. The fourth-order valence-corrected chi connectivity index (χ4v) is 5.62. The van der Waals surface area contributed by atoms with Gasteiger partial charge in [0.15, 0.2) is 5.54 Å². The Labute approximate surface area is 180 Å². The monoisotopic (exact) mass is 417 g/mol. The third kappa shape index (κ3) is 2.90. The van der Waals surface area contributed by atoms with Crippen molar-refractivity contribution >= 4 is 11.9 Å². The highest BCUT2D eigenvalue weighted by molar-refractivity contribution is 6.08. The first kappa shape index (κ1) is 19.6. The molecule has 0 aromatic heterocycles. The van der Waals surface area contributed by atoms with Gasteiger partial charge < -0.3 is 14.8 Å². The van der Waals surface area contributed by atoms with Gasteiger partial charge in [-0.2, -0.15) is 5.26 Å². The fourth-order valence-electron chi connectivity index (χ4n) is 5.62. The van der Waals surface area contributed by atoms with E-state index in [0.717, 1.165) is 43.2 Å². The van der Waals surface area contributed by atoms with Crippen LogP contribution in [-0.2, 0) is 21.5 Å². The van der Waals surface area contributed by atoms with Crippen LogP contribution in [0.3, 0.4) is 0 Å². The molecule has 1 saturated heterocycles. The van der Waals surface area contributed by atoms with E-state index in [1.807, 2.05) is 18.2 Å². The fraction of sp³-hybridized carbons (Fsp3) is 0.375. The number of ether oxygens (including phenoxy) is 2. The van der Waals surface area contributed by atoms with Crippen molar-refractivity contribution in [2.45, 2.75) is 43.7 Å². The molecule has 5 rings (SSSR count). The van der Waals surface area contributed by atoms with Gasteiger partial charge in [0.05, 0.1) is 17.7 Å². The molecule has 2 N–H and O–H groups in total. The van der Waals surface area contributed by atoms with Gasteiger partial charge >= 0.3 is 6.03 Å². The van der Waals surface area contributed by atoms with Crippen LogP contribution in [-0.4, -0.2) is 25.2 Å². The first-order valence-electron chi connectivity index (χ1n) is 10.5. The molecule has 2 spiro atoms. The topological polar surface area (TPSA) is 100 Å². The number of carbonyl (C=O) groups is 2. The van der Waals surface area contributed by atoms with Crippen LogP contribution in [0.2, 0.25) is 0 Å². The van der Waals surface area contributed by atoms with E-state index in [4.69, 9.17) is 14.7 Å². The highest BCUT2D eigenvalue weighted by Gasteiger charge is 2.66. The minimum atomic E-state index is -1.11. The Kier molecular flexibility index (Phi) is 4.49. The summed E-state index contributed by atoms with van der Waals surface area (Å²) in [6.07, 6.45) is 4.16. The molecule has 3 aliphatic rings. The minimum absolute atomic E-state index is 0.179. The number of imide groups is 1. The van der Waals surface area contributed by atoms with Crippen molar-refractivity contribution in [2.24, 2.45) is 5.41 Å². The van der Waals surface area contributed by atoms with Crippen molar-refractivity contribution in [1.29, 1.82) is 5.26 Å². The molecule has 1 atom stereocenters. The highest BCUT2D eigenvalue weighted by atomic mass is 16.5. The minimum Gasteiger partial charge on any atom is -0.457 e. The summed E-state index contributed by atoms with van der Waals surface area (Å²) in [5.41, 5.74) is 0.852. The van der Waals surface area contributed by atoms with Gasteiger partial charge in [0.2, 0.25) is 0 Å². The van der Waals surface area contributed by atoms with Crippen LogP contribution >= 0.6 is 0 Å². The lowest BCUT2D eigenvalue weighted by atomic mass is 9.61. The number of hydrogen-bond donors (Lipinski definition) is 2. The Hall–Kier alpha value is -3.37. The summed E-state index contributed by atoms with van der Waals surface area (Å²) >= 11 is 0. The molecule has 1 unspecified atom stereocenters. The second kappa shape index (κ2) is 7.10. The third-order valence-electron chi connectivity index (χ3n) is 7.10. The summed E-state index contributed by atoms with van der Waals surface area (Å²) in [6, 6.07) is 14.3. The second-order valence-corrected chi connectivity index (χ2v) is 8.61. The second-order valence-electron chi connectivity index (χ2n) is 8.61. The largest absolute Gasteiger partial charge is 0.457 e. The van der Waals surface area contributed by atoms with Crippen molar-refractivity contribution in [3.8, 4) is 17.6 Å². The Morgan fingerprint density at radius 1 is 1.10 bits per heavy atom. The zero-order valence-electron chi connectivity index (χ0n) is 17.2. The van der Waals surface area contributed by atoms with Crippen molar-refractivity contribution in [3.63, 3.8) is 0 Å². The molecule has 2 aromatic rings. The highest BCUT2D eigenvalue weighted by Crippen LogP contribution is 2.59. The lowest BCUT2D eigenvalue weighted by Gasteiger charge is -2.46. The van der Waals surface area contributed by atoms with Crippen LogP contribution in [0.5, 0.6) is 11.5 Å². The lowest BCUT2D eigenvalue weighted by Crippen LogP contribution is -2.56. The van der Waals surface area contributed by atoms with Crippen molar-refractivity contribution in [1.82, 2.24) is 10.6 Å². The quantitative estimate of drug-likeness (QED) is 0.745. The molecule has 2 fully saturated rings. The zero-order valence-corrected chi connectivity index (χ0v) is 17.2. The van der Waals surface area contributed by atoms with E-state index in [0.29, 0.717) is 17.1 Å². The number of nitrogens with one attached hydrogen (secondary N) is 2. The molecule has 2 aromatic carbocycles. The Morgan fingerprint density at radius 2 is 1.87 bits per heavy atom. The molecule has 1 aliphatic heterocycles. The number of carbonyl (C=O) groups excluding carboxylic acids is 2. The van der Waals surface area contributed by atoms with Gasteiger partial charge in [-0.05, 0) is 73.6 Å². The van der Waals surface area contributed by atoms with Crippen LogP contribution in [0, 0.1) is 16.7 Å². The lowest BCUT2D eigenvalue weighted by molar-refractivity contribution is -0.131. The van der Waals surface area contributed by atoms with Crippen LogP contribution < -0.4 is 15.4 Å². The van der Waals surface area contributed by atoms with Gasteiger partial charge in [-0.1, -0.05) is 12.1 Å². The average molecular weight is 417 g/mol. The number of benzene rings is 2. The number of nitrogens with zero attached hydrogens (tertiary/aromatic N) is 1. The first-order valence-corrected chi connectivity index (χ1v) is 10.5. The molecular weight excluding hydrogens is 394 g/mol. The standard InChI is InChI=1S/C24H23N3O4/c1-30-17-7-9-23(10-8-17)13-16-5-6-19(31-18-4-2-3-15(11-18)14-25)12-20(16)24(23)21(28)26-22(29)27-24/h2-6,11-12,17H,7-10,13H2,1H3,(H2,26,27,28,29)/t17-,23-,24?. The predicted octanol–water partition coefficient (Wildman–Crippen LogP) is 3.52. The number of methoxy groups -OCH3 is 1. The number of urea groups is 1. The molecule has 2 aliphatic carbocycles. The van der Waals surface area contributed by atoms with Gasteiger partial charge in [-0.15, -0.1) is 0 Å². The van der Waals surface area contributed by atoms with E-state index in [1.165, 1.54) is 0 Å². The number of nitriles is 1. The van der Waals surface area contributed by atoms with Crippen molar-refractivity contribution in [3.05, 3.63) is 59.2 Å². The van der Waals surface area contributed by atoms with Crippen molar-refractivity contribution < 1.29 is 19.1 Å². The molecule has 0 radical (unpaired) electrons. The van der Waals surface area contributed by atoms with Crippen molar-refractivity contribution in [2.75, 3.05) is 7.11 Å². The Morgan fingerprint density at radius 3 is 2.55 bits per heavy atom. The van der Waals surface area contributed by atoms with Gasteiger partial charge in [-0.3, -0.25) is 10.1 Å². The molecule has 3 amide bonds. The van der Waals surface area contributed by atoms with Crippen LogP contribution in [0.25, 0.3) is 0 Å². The van der Waals surface area contributed by atoms with E-state index in [9.17, 15) is 9.59 Å². The molecule has 1 heterocycles. The van der Waals surface area contributed by atoms with E-state index in [2.05, 4.69) is 16.7 Å². The van der Waals surface area contributed by atoms with Gasteiger partial charge in [0.25, 0.3) is 5.91 Å². The average Bonchev–Trinajstić information content (AvgIpc) is 3.23. The maximum absolute atomic E-state index is 13.2. The first-order chi connectivity index (χ1) is 15.0. The smallest absolute Gasteiger partial charge is 0.322 e. The number of fused-ring (bicyclic) bond motifs is 3. The molecule has 7 heteroatoms. The molecule has 1 saturated carbocycles. The van der Waals surface area contributed by atoms with Crippen LogP contribution in [0.1, 0.15) is 42.4 Å². The normalized spacial score (nSPS) is 28.8. The number of rotatable bonds is 3. The molecule has 0 bridgehead atoms. The maximum atomic E-state index is 13.2. The van der Waals surface area contributed by atoms with Gasteiger partial charge in [0, 0.05) is 12.5 Å². The van der Waals surface area contributed by atoms with Gasteiger partial charge in [-0.25, -0.2) is 4.79 Å². The molecule has 158 valence electrons. The zero-order chi connectivity index (χ0) is 21.6. The summed E-state index contributed by atoms with van der Waals surface area (Å²) < 4.78 is 11.5. The molecule has 31 heavy (non-hydrogen) atoms. The summed E-state index contributed by atoms with van der Waals surface area (Å²) in [4.78, 5) is 25.5. The summed E-state index contributed by atoms with van der Waals surface area (Å²) in [6.45, 7) is 0. The number of amides is 3. The summed E-state index contributed by atoms with van der Waals surface area (Å²) in [7, 11) is 1.72. The Balaban J connectivity index is 1.55. The third-order valence-corrected chi connectivity index (χ3v) is 7.10. The van der Waals surface area contributed by atoms with Crippen LogP contribution in [0.4, 0.5) is 4.79 Å². The SMILES string of the molecule is CO[C@H]1CC[C@]2(CC1)Cc1ccc(Oc3cccc(C#N)c3)cc1C21NC(=O)NC1=O. The maximum Gasteiger partial charge on any atom is 0.322 e. The van der Waals surface area contributed by atoms with E-state index < -0.39 is 11.6 Å². The summed E-state index contributed by atoms with van der Waals surface area (Å²) in [5.74, 6) is 0.807. The van der Waals surface area contributed by atoms with E-state index >= 15 is 0 Å². The Bertz CT molecular complexity index is 1110. The van der Waals surface area contributed by atoms with E-state index in [1.54, 1.807) is 31.4 Å². The number of hydrogen-bond acceptors (Lipinski definition) is 5. The van der Waals surface area contributed by atoms with E-state index in [-0.39, 0.29) is 17.4 Å². The molecule has 7 nitrogen and oxygen atoms in total.